The Bertz CT molecular complexity index is 412. The normalized spacial score (nSPS) is 18.3. The van der Waals surface area contributed by atoms with Crippen LogP contribution in [-0.2, 0) is 17.6 Å². The summed E-state index contributed by atoms with van der Waals surface area (Å²) in [7, 11) is 1.67. The molecule has 17 heavy (non-hydrogen) atoms. The molecule has 0 saturated heterocycles. The van der Waals surface area contributed by atoms with Gasteiger partial charge < -0.3 is 9.84 Å². The summed E-state index contributed by atoms with van der Waals surface area (Å²) in [4.78, 5) is 11.6. The summed E-state index contributed by atoms with van der Waals surface area (Å²) in [6.45, 7) is 3.99. The number of carbonyl (C=O) groups is 1. The average Bonchev–Trinajstić information content (AvgIpc) is 2.79. The summed E-state index contributed by atoms with van der Waals surface area (Å²) in [5.74, 6) is 1.13. The monoisotopic (exact) mass is 236 g/mol. The molecule has 1 amide bonds. The standard InChI is InChI=1S/C13H20N2O2/c1-8(9(2)13(16)14-3)12-10-6-4-5-7-11(10)17-15-12/h8-9H,4-7H2,1-3H3,(H,14,16). The number of hydrogen-bond donors (Lipinski definition) is 1. The number of nitrogens with zero attached hydrogens (tertiary/aromatic N) is 1. The molecule has 1 aliphatic rings. The van der Waals surface area contributed by atoms with Crippen LogP contribution in [0, 0.1) is 5.92 Å². The summed E-state index contributed by atoms with van der Waals surface area (Å²) in [5.41, 5.74) is 2.23. The second kappa shape index (κ2) is 4.90. The molecule has 1 N–H and O–H groups in total. The number of rotatable bonds is 3. The predicted molar refractivity (Wildman–Crippen MR) is 64.8 cm³/mol. The molecule has 0 bridgehead atoms. The van der Waals surface area contributed by atoms with Gasteiger partial charge in [0.25, 0.3) is 0 Å². The van der Waals surface area contributed by atoms with Crippen LogP contribution in [0.5, 0.6) is 0 Å². The summed E-state index contributed by atoms with van der Waals surface area (Å²) in [5, 5.41) is 6.87. The molecule has 1 aromatic rings. The van der Waals surface area contributed by atoms with Crippen LogP contribution >= 0.6 is 0 Å². The van der Waals surface area contributed by atoms with Gasteiger partial charge in [0.2, 0.25) is 5.91 Å². The van der Waals surface area contributed by atoms with Gasteiger partial charge in [0.15, 0.2) is 0 Å². The highest BCUT2D eigenvalue weighted by Crippen LogP contribution is 2.32. The van der Waals surface area contributed by atoms with E-state index in [0.29, 0.717) is 0 Å². The van der Waals surface area contributed by atoms with E-state index in [-0.39, 0.29) is 17.7 Å². The molecule has 0 aliphatic heterocycles. The van der Waals surface area contributed by atoms with Gasteiger partial charge in [-0.05, 0) is 19.3 Å². The van der Waals surface area contributed by atoms with Crippen molar-refractivity contribution in [2.45, 2.75) is 45.4 Å². The first-order chi connectivity index (χ1) is 8.15. The Labute approximate surface area is 102 Å². The van der Waals surface area contributed by atoms with Gasteiger partial charge in [0.05, 0.1) is 5.69 Å². The molecular weight excluding hydrogens is 216 g/mol. The summed E-state index contributed by atoms with van der Waals surface area (Å²) in [6, 6.07) is 0. The van der Waals surface area contributed by atoms with E-state index in [0.717, 1.165) is 24.3 Å². The summed E-state index contributed by atoms with van der Waals surface area (Å²) < 4.78 is 5.39. The van der Waals surface area contributed by atoms with Gasteiger partial charge in [-0.1, -0.05) is 19.0 Å². The first kappa shape index (κ1) is 12.1. The highest BCUT2D eigenvalue weighted by molar-refractivity contribution is 5.78. The third-order valence-corrected chi connectivity index (χ3v) is 3.82. The lowest BCUT2D eigenvalue weighted by Crippen LogP contribution is -2.29. The van der Waals surface area contributed by atoms with Crippen molar-refractivity contribution >= 4 is 5.91 Å². The minimum atomic E-state index is -0.0730. The number of nitrogens with one attached hydrogen (secondary N) is 1. The largest absolute Gasteiger partial charge is 0.361 e. The van der Waals surface area contributed by atoms with Crippen molar-refractivity contribution in [3.63, 3.8) is 0 Å². The first-order valence-corrected chi connectivity index (χ1v) is 6.34. The SMILES string of the molecule is CNC(=O)C(C)C(C)c1noc2c1CCCC2. The number of amides is 1. The van der Waals surface area contributed by atoms with Crippen molar-refractivity contribution in [2.75, 3.05) is 7.05 Å². The number of hydrogen-bond acceptors (Lipinski definition) is 3. The molecule has 1 aromatic heterocycles. The van der Waals surface area contributed by atoms with Gasteiger partial charge in [-0.3, -0.25) is 4.79 Å². The summed E-state index contributed by atoms with van der Waals surface area (Å²) in [6.07, 6.45) is 4.41. The van der Waals surface area contributed by atoms with E-state index in [1.165, 1.54) is 18.4 Å². The number of fused-ring (bicyclic) bond motifs is 1. The fourth-order valence-electron chi connectivity index (χ4n) is 2.46. The van der Waals surface area contributed by atoms with E-state index in [4.69, 9.17) is 4.52 Å². The molecule has 0 spiro atoms. The van der Waals surface area contributed by atoms with E-state index in [1.807, 2.05) is 13.8 Å². The number of aromatic nitrogens is 1. The second-order valence-electron chi connectivity index (χ2n) is 4.87. The van der Waals surface area contributed by atoms with Crippen molar-refractivity contribution in [3.05, 3.63) is 17.0 Å². The average molecular weight is 236 g/mol. The Morgan fingerprint density at radius 2 is 2.06 bits per heavy atom. The fourth-order valence-corrected chi connectivity index (χ4v) is 2.46. The van der Waals surface area contributed by atoms with Crippen LogP contribution in [0.15, 0.2) is 4.52 Å². The number of carbonyl (C=O) groups excluding carboxylic acids is 1. The van der Waals surface area contributed by atoms with Crippen molar-refractivity contribution in [1.82, 2.24) is 10.5 Å². The molecule has 0 radical (unpaired) electrons. The lowest BCUT2D eigenvalue weighted by Gasteiger charge is -2.18. The van der Waals surface area contributed by atoms with Crippen LogP contribution in [0.25, 0.3) is 0 Å². The molecule has 2 atom stereocenters. The fraction of sp³-hybridized carbons (Fsp3) is 0.692. The van der Waals surface area contributed by atoms with Gasteiger partial charge in [0, 0.05) is 30.9 Å². The quantitative estimate of drug-likeness (QED) is 0.873. The van der Waals surface area contributed by atoms with Crippen molar-refractivity contribution in [1.29, 1.82) is 0 Å². The molecular formula is C13H20N2O2. The molecule has 0 fully saturated rings. The Kier molecular flexibility index (Phi) is 3.50. The van der Waals surface area contributed by atoms with E-state index in [9.17, 15) is 4.79 Å². The zero-order valence-electron chi connectivity index (χ0n) is 10.7. The Hall–Kier alpha value is -1.32. The number of aryl methyl sites for hydroxylation is 1. The highest BCUT2D eigenvalue weighted by atomic mass is 16.5. The smallest absolute Gasteiger partial charge is 0.223 e. The lowest BCUT2D eigenvalue weighted by molar-refractivity contribution is -0.124. The molecule has 4 nitrogen and oxygen atoms in total. The van der Waals surface area contributed by atoms with Crippen molar-refractivity contribution in [3.8, 4) is 0 Å². The molecule has 94 valence electrons. The van der Waals surface area contributed by atoms with Crippen LogP contribution in [0.3, 0.4) is 0 Å². The van der Waals surface area contributed by atoms with Gasteiger partial charge in [-0.2, -0.15) is 0 Å². The molecule has 1 heterocycles. The van der Waals surface area contributed by atoms with Crippen LogP contribution in [0.1, 0.15) is 49.6 Å². The van der Waals surface area contributed by atoms with E-state index < -0.39 is 0 Å². The van der Waals surface area contributed by atoms with E-state index >= 15 is 0 Å². The third kappa shape index (κ3) is 2.21. The molecule has 1 aliphatic carbocycles. The zero-order valence-corrected chi connectivity index (χ0v) is 10.7. The van der Waals surface area contributed by atoms with Gasteiger partial charge >= 0.3 is 0 Å². The Morgan fingerprint density at radius 1 is 1.35 bits per heavy atom. The maximum atomic E-state index is 11.6. The third-order valence-electron chi connectivity index (χ3n) is 3.82. The molecule has 0 saturated carbocycles. The maximum Gasteiger partial charge on any atom is 0.223 e. The van der Waals surface area contributed by atoms with Gasteiger partial charge in [-0.15, -0.1) is 0 Å². The van der Waals surface area contributed by atoms with E-state index in [1.54, 1.807) is 7.05 Å². The Morgan fingerprint density at radius 3 is 2.76 bits per heavy atom. The zero-order chi connectivity index (χ0) is 12.4. The first-order valence-electron chi connectivity index (χ1n) is 6.34. The summed E-state index contributed by atoms with van der Waals surface area (Å²) >= 11 is 0. The van der Waals surface area contributed by atoms with Crippen LogP contribution in [0.2, 0.25) is 0 Å². The van der Waals surface area contributed by atoms with Crippen molar-refractivity contribution in [2.24, 2.45) is 5.92 Å². The topological polar surface area (TPSA) is 55.1 Å². The van der Waals surface area contributed by atoms with Gasteiger partial charge in [0.1, 0.15) is 5.76 Å². The minimum absolute atomic E-state index is 0.0602. The molecule has 0 aromatic carbocycles. The van der Waals surface area contributed by atoms with Crippen LogP contribution in [0.4, 0.5) is 0 Å². The van der Waals surface area contributed by atoms with Crippen molar-refractivity contribution < 1.29 is 9.32 Å². The molecule has 2 rings (SSSR count). The second-order valence-corrected chi connectivity index (χ2v) is 4.87. The minimum Gasteiger partial charge on any atom is -0.361 e. The highest BCUT2D eigenvalue weighted by Gasteiger charge is 2.28. The molecule has 4 heteroatoms. The maximum absolute atomic E-state index is 11.6. The van der Waals surface area contributed by atoms with E-state index in [2.05, 4.69) is 10.5 Å². The van der Waals surface area contributed by atoms with Crippen LogP contribution < -0.4 is 5.32 Å². The Balaban J connectivity index is 2.22. The van der Waals surface area contributed by atoms with Crippen LogP contribution in [-0.4, -0.2) is 18.1 Å². The lowest BCUT2D eigenvalue weighted by atomic mass is 9.86. The molecule has 2 unspecified atom stereocenters. The van der Waals surface area contributed by atoms with Gasteiger partial charge in [-0.25, -0.2) is 0 Å². The predicted octanol–water partition coefficient (Wildman–Crippen LogP) is 2.04.